The largest absolute Gasteiger partial charge is 0.497 e. The maximum absolute atomic E-state index is 12.2. The molecule has 0 saturated carbocycles. The van der Waals surface area contributed by atoms with E-state index in [2.05, 4.69) is 0 Å². The molecule has 0 spiro atoms. The van der Waals surface area contributed by atoms with Crippen LogP contribution in [0, 0.1) is 0 Å². The number of hydrogen-bond acceptors (Lipinski definition) is 5. The highest BCUT2D eigenvalue weighted by atomic mass is 16.5. The van der Waals surface area contributed by atoms with Crippen molar-refractivity contribution in [2.45, 2.75) is 18.4 Å². The molecule has 5 heteroatoms. The molecule has 0 atom stereocenters. The van der Waals surface area contributed by atoms with E-state index in [1.165, 1.54) is 0 Å². The average Bonchev–Trinajstić information content (AvgIpc) is 2.47. The highest BCUT2D eigenvalue weighted by Crippen LogP contribution is 2.21. The predicted octanol–water partition coefficient (Wildman–Crippen LogP) is 1.35. The van der Waals surface area contributed by atoms with Gasteiger partial charge in [0, 0.05) is 38.2 Å². The van der Waals surface area contributed by atoms with Crippen molar-refractivity contribution in [2.75, 3.05) is 40.5 Å². The minimum atomic E-state index is -0.743. The number of rotatable bonds is 6. The van der Waals surface area contributed by atoms with Gasteiger partial charge in [-0.15, -0.1) is 0 Å². The summed E-state index contributed by atoms with van der Waals surface area (Å²) >= 11 is 0. The highest BCUT2D eigenvalue weighted by Gasteiger charge is 2.31. The minimum absolute atomic E-state index is 0.0378. The molecule has 1 aromatic carbocycles. The fourth-order valence-corrected chi connectivity index (χ4v) is 2.58. The molecule has 0 amide bonds. The van der Waals surface area contributed by atoms with Gasteiger partial charge in [0.25, 0.3) is 0 Å². The molecule has 1 aromatic rings. The van der Waals surface area contributed by atoms with Crippen LogP contribution in [-0.4, -0.2) is 61.9 Å². The van der Waals surface area contributed by atoms with Gasteiger partial charge in [-0.05, 0) is 31.3 Å². The van der Waals surface area contributed by atoms with Crippen molar-refractivity contribution in [1.82, 2.24) is 4.90 Å². The molecule has 0 unspecified atom stereocenters. The van der Waals surface area contributed by atoms with Crippen molar-refractivity contribution < 1.29 is 19.4 Å². The van der Waals surface area contributed by atoms with Crippen LogP contribution >= 0.6 is 0 Å². The van der Waals surface area contributed by atoms with Crippen molar-refractivity contribution in [3.05, 3.63) is 29.8 Å². The van der Waals surface area contributed by atoms with Crippen molar-refractivity contribution in [2.24, 2.45) is 0 Å². The fourth-order valence-electron chi connectivity index (χ4n) is 2.58. The molecule has 1 aliphatic heterocycles. The van der Waals surface area contributed by atoms with E-state index in [9.17, 15) is 9.90 Å². The zero-order valence-corrected chi connectivity index (χ0v) is 12.7. The molecule has 1 N–H and O–H groups in total. The van der Waals surface area contributed by atoms with Gasteiger partial charge in [0.05, 0.1) is 19.3 Å². The Kier molecular flexibility index (Phi) is 5.33. The number of Topliss-reactive ketones (excluding diaryl/α,β-unsaturated/α-hetero) is 1. The Balaban J connectivity index is 1.88. The Hall–Kier alpha value is -1.43. The molecule has 1 heterocycles. The van der Waals surface area contributed by atoms with E-state index in [4.69, 9.17) is 9.47 Å². The lowest BCUT2D eigenvalue weighted by atomic mass is 9.94. The lowest BCUT2D eigenvalue weighted by Gasteiger charge is -2.35. The van der Waals surface area contributed by atoms with E-state index in [0.717, 1.165) is 5.75 Å². The number of hydrogen-bond donors (Lipinski definition) is 1. The predicted molar refractivity (Wildman–Crippen MR) is 79.8 cm³/mol. The summed E-state index contributed by atoms with van der Waals surface area (Å²) in [5.74, 6) is 0.771. The van der Waals surface area contributed by atoms with Gasteiger partial charge < -0.3 is 14.6 Å². The molecule has 0 radical (unpaired) electrons. The second kappa shape index (κ2) is 7.02. The molecule has 0 aliphatic carbocycles. The van der Waals surface area contributed by atoms with Crippen LogP contribution in [0.25, 0.3) is 0 Å². The SMILES string of the molecule is COc1ccc(C(=O)CN(C)CC2(O)CCOCC2)cc1. The van der Waals surface area contributed by atoms with Gasteiger partial charge in [-0.25, -0.2) is 0 Å². The van der Waals surface area contributed by atoms with E-state index in [-0.39, 0.29) is 12.3 Å². The number of ketones is 1. The number of nitrogens with zero attached hydrogens (tertiary/aromatic N) is 1. The molecule has 1 fully saturated rings. The quantitative estimate of drug-likeness (QED) is 0.802. The minimum Gasteiger partial charge on any atom is -0.497 e. The van der Waals surface area contributed by atoms with E-state index in [0.29, 0.717) is 38.2 Å². The molecular weight excluding hydrogens is 270 g/mol. The lowest BCUT2D eigenvalue weighted by Crippen LogP contribution is -2.46. The first-order chi connectivity index (χ1) is 10.0. The van der Waals surface area contributed by atoms with Crippen LogP contribution in [0.1, 0.15) is 23.2 Å². The molecule has 0 bridgehead atoms. The average molecular weight is 293 g/mol. The van der Waals surface area contributed by atoms with Crippen molar-refractivity contribution in [3.63, 3.8) is 0 Å². The molecule has 116 valence electrons. The summed E-state index contributed by atoms with van der Waals surface area (Å²) in [6.45, 7) is 1.93. The second-order valence-electron chi connectivity index (χ2n) is 5.66. The van der Waals surface area contributed by atoms with Gasteiger partial charge in [-0.3, -0.25) is 9.69 Å². The van der Waals surface area contributed by atoms with E-state index in [1.807, 2.05) is 11.9 Å². The lowest BCUT2D eigenvalue weighted by molar-refractivity contribution is -0.0758. The third-order valence-electron chi connectivity index (χ3n) is 3.81. The summed E-state index contributed by atoms with van der Waals surface area (Å²) in [4.78, 5) is 14.1. The summed E-state index contributed by atoms with van der Waals surface area (Å²) in [5.41, 5.74) is -0.0886. The Bertz CT molecular complexity index is 466. The first kappa shape index (κ1) is 15.9. The van der Waals surface area contributed by atoms with E-state index >= 15 is 0 Å². The summed E-state index contributed by atoms with van der Waals surface area (Å²) in [5, 5.41) is 10.4. The standard InChI is InChI=1S/C16H23NO4/c1-17(12-16(19)7-9-21-10-8-16)11-15(18)13-3-5-14(20-2)6-4-13/h3-6,19H,7-12H2,1-2H3. The van der Waals surface area contributed by atoms with Crippen LogP contribution in [0.2, 0.25) is 0 Å². The smallest absolute Gasteiger partial charge is 0.176 e. The van der Waals surface area contributed by atoms with Gasteiger partial charge in [-0.2, -0.15) is 0 Å². The van der Waals surface area contributed by atoms with Gasteiger partial charge in [0.2, 0.25) is 0 Å². The monoisotopic (exact) mass is 293 g/mol. The van der Waals surface area contributed by atoms with Crippen LogP contribution in [-0.2, 0) is 4.74 Å². The molecule has 1 saturated heterocycles. The number of aliphatic hydroxyl groups is 1. The van der Waals surface area contributed by atoms with Crippen LogP contribution < -0.4 is 4.74 Å². The summed E-state index contributed by atoms with van der Waals surface area (Å²) in [7, 11) is 3.45. The maximum atomic E-state index is 12.2. The normalized spacial score (nSPS) is 17.7. The molecule has 0 aromatic heterocycles. The Morgan fingerprint density at radius 1 is 1.33 bits per heavy atom. The van der Waals surface area contributed by atoms with Crippen LogP contribution in [0.4, 0.5) is 0 Å². The third-order valence-corrected chi connectivity index (χ3v) is 3.81. The molecule has 2 rings (SSSR count). The van der Waals surface area contributed by atoms with Crippen LogP contribution in [0.5, 0.6) is 5.75 Å². The van der Waals surface area contributed by atoms with Crippen molar-refractivity contribution in [1.29, 1.82) is 0 Å². The zero-order chi connectivity index (χ0) is 15.3. The third kappa shape index (κ3) is 4.52. The van der Waals surface area contributed by atoms with Gasteiger partial charge >= 0.3 is 0 Å². The number of ether oxygens (including phenoxy) is 2. The number of methoxy groups -OCH3 is 1. The Morgan fingerprint density at radius 3 is 2.52 bits per heavy atom. The molecule has 5 nitrogen and oxygen atoms in total. The van der Waals surface area contributed by atoms with Gasteiger partial charge in [0.1, 0.15) is 5.75 Å². The van der Waals surface area contributed by atoms with Gasteiger partial charge in [0.15, 0.2) is 5.78 Å². The zero-order valence-electron chi connectivity index (χ0n) is 12.7. The summed E-state index contributed by atoms with van der Waals surface area (Å²) in [6, 6.07) is 7.08. The maximum Gasteiger partial charge on any atom is 0.176 e. The fraction of sp³-hybridized carbons (Fsp3) is 0.562. The van der Waals surface area contributed by atoms with E-state index in [1.54, 1.807) is 31.4 Å². The number of carbonyl (C=O) groups excluding carboxylic acids is 1. The summed E-state index contributed by atoms with van der Waals surface area (Å²) < 4.78 is 10.3. The Morgan fingerprint density at radius 2 is 1.95 bits per heavy atom. The second-order valence-corrected chi connectivity index (χ2v) is 5.66. The molecule has 1 aliphatic rings. The molecular formula is C16H23NO4. The molecule has 21 heavy (non-hydrogen) atoms. The number of carbonyl (C=O) groups is 1. The van der Waals surface area contributed by atoms with Crippen molar-refractivity contribution >= 4 is 5.78 Å². The van der Waals surface area contributed by atoms with Crippen LogP contribution in [0.3, 0.4) is 0 Å². The summed E-state index contributed by atoms with van der Waals surface area (Å²) in [6.07, 6.45) is 1.24. The Labute approximate surface area is 125 Å². The number of benzene rings is 1. The topological polar surface area (TPSA) is 59.0 Å². The first-order valence-corrected chi connectivity index (χ1v) is 7.18. The first-order valence-electron chi connectivity index (χ1n) is 7.18. The van der Waals surface area contributed by atoms with E-state index < -0.39 is 5.60 Å². The van der Waals surface area contributed by atoms with Crippen LogP contribution in [0.15, 0.2) is 24.3 Å². The highest BCUT2D eigenvalue weighted by molar-refractivity contribution is 5.97. The number of likely N-dealkylation sites (N-methyl/N-ethyl adjacent to an activating group) is 1. The van der Waals surface area contributed by atoms with Gasteiger partial charge in [-0.1, -0.05) is 0 Å². The van der Waals surface area contributed by atoms with Crippen molar-refractivity contribution in [3.8, 4) is 5.75 Å².